The van der Waals surface area contributed by atoms with Gasteiger partial charge in [-0.2, -0.15) is 0 Å². The lowest BCUT2D eigenvalue weighted by Crippen LogP contribution is -2.40. The van der Waals surface area contributed by atoms with Gasteiger partial charge in [-0.15, -0.1) is 11.8 Å². The molecule has 1 heterocycles. The molecule has 1 fully saturated rings. The first kappa shape index (κ1) is 18.3. The fourth-order valence-electron chi connectivity index (χ4n) is 2.28. The van der Waals surface area contributed by atoms with Crippen molar-refractivity contribution in [2.24, 2.45) is 0 Å². The van der Waals surface area contributed by atoms with Gasteiger partial charge in [-0.1, -0.05) is 15.9 Å². The Morgan fingerprint density at radius 1 is 1.30 bits per heavy atom. The molecule has 0 radical (unpaired) electrons. The predicted molar refractivity (Wildman–Crippen MR) is 95.8 cm³/mol. The Labute approximate surface area is 150 Å². The summed E-state index contributed by atoms with van der Waals surface area (Å²) in [5.74, 6) is 0.0845. The van der Waals surface area contributed by atoms with Gasteiger partial charge in [-0.25, -0.2) is 4.79 Å². The van der Waals surface area contributed by atoms with Crippen LogP contribution < -0.4 is 0 Å². The lowest BCUT2D eigenvalue weighted by molar-refractivity contribution is -0.119. The molecule has 0 N–H and O–H groups in total. The molecule has 0 aliphatic carbocycles. The molecule has 1 aliphatic heterocycles. The van der Waals surface area contributed by atoms with Gasteiger partial charge in [0.25, 0.3) is 0 Å². The summed E-state index contributed by atoms with van der Waals surface area (Å²) in [6.45, 7) is 6.19. The van der Waals surface area contributed by atoms with Crippen molar-refractivity contribution in [2.45, 2.75) is 49.4 Å². The maximum Gasteiger partial charge on any atom is 0.410 e. The number of nitrogens with zero attached hydrogens (tertiary/aromatic N) is 1. The quantitative estimate of drug-likeness (QED) is 0.733. The zero-order valence-electron chi connectivity index (χ0n) is 13.7. The zero-order chi connectivity index (χ0) is 17.0. The van der Waals surface area contributed by atoms with Gasteiger partial charge in [0.15, 0.2) is 5.78 Å². The number of hydrogen-bond acceptors (Lipinski definition) is 4. The number of halogens is 1. The van der Waals surface area contributed by atoms with Crippen LogP contribution in [0.1, 0.15) is 33.6 Å². The van der Waals surface area contributed by atoms with Crippen LogP contribution in [0.4, 0.5) is 4.79 Å². The molecule has 0 saturated carbocycles. The molecule has 4 nitrogen and oxygen atoms in total. The summed E-state index contributed by atoms with van der Waals surface area (Å²) < 4.78 is 6.39. The third-order valence-corrected chi connectivity index (χ3v) is 5.20. The van der Waals surface area contributed by atoms with E-state index in [1.54, 1.807) is 11.8 Å². The number of rotatable bonds is 2. The Kier molecular flexibility index (Phi) is 6.14. The third-order valence-electron chi connectivity index (χ3n) is 3.34. The summed E-state index contributed by atoms with van der Waals surface area (Å²) >= 11 is 4.98. The van der Waals surface area contributed by atoms with Crippen molar-refractivity contribution in [3.8, 4) is 0 Å². The molecule has 6 heteroatoms. The Hall–Kier alpha value is -1.01. The van der Waals surface area contributed by atoms with E-state index < -0.39 is 11.7 Å². The average Bonchev–Trinajstić information content (AvgIpc) is 2.62. The van der Waals surface area contributed by atoms with Crippen molar-refractivity contribution in [1.82, 2.24) is 4.90 Å². The van der Waals surface area contributed by atoms with E-state index in [1.165, 1.54) is 4.90 Å². The number of likely N-dealkylation sites (tertiary alicyclic amines) is 1. The number of hydrogen-bond donors (Lipinski definition) is 0. The van der Waals surface area contributed by atoms with E-state index in [1.807, 2.05) is 45.0 Å². The summed E-state index contributed by atoms with van der Waals surface area (Å²) in [4.78, 5) is 27.2. The number of thioether (sulfide) groups is 1. The van der Waals surface area contributed by atoms with E-state index in [-0.39, 0.29) is 17.6 Å². The Bertz CT molecular complexity index is 568. The first-order valence-corrected chi connectivity index (χ1v) is 9.35. The minimum Gasteiger partial charge on any atom is -0.444 e. The second-order valence-electron chi connectivity index (χ2n) is 6.57. The monoisotopic (exact) mass is 399 g/mol. The Morgan fingerprint density at radius 3 is 2.57 bits per heavy atom. The maximum atomic E-state index is 12.5. The van der Waals surface area contributed by atoms with E-state index in [0.29, 0.717) is 6.54 Å². The second-order valence-corrected chi connectivity index (χ2v) is 8.76. The number of ketones is 1. The van der Waals surface area contributed by atoms with Crippen LogP contribution in [0.3, 0.4) is 0 Å². The highest BCUT2D eigenvalue weighted by molar-refractivity contribution is 9.10. The van der Waals surface area contributed by atoms with Crippen molar-refractivity contribution < 1.29 is 14.3 Å². The first-order valence-electron chi connectivity index (χ1n) is 7.67. The molecular formula is C17H22BrNO3S. The van der Waals surface area contributed by atoms with Crippen molar-refractivity contribution >= 4 is 39.6 Å². The number of Topliss-reactive ketones (excluding diaryl/α,β-unsaturated/α-hetero) is 1. The van der Waals surface area contributed by atoms with Crippen LogP contribution in [0.5, 0.6) is 0 Å². The molecule has 2 rings (SSSR count). The first-order chi connectivity index (χ1) is 10.7. The highest BCUT2D eigenvalue weighted by atomic mass is 79.9. The van der Waals surface area contributed by atoms with Gasteiger partial charge in [0.2, 0.25) is 0 Å². The van der Waals surface area contributed by atoms with Crippen LogP contribution in [-0.4, -0.2) is 40.7 Å². The van der Waals surface area contributed by atoms with Crippen LogP contribution >= 0.6 is 27.7 Å². The Balaban J connectivity index is 1.98. The smallest absolute Gasteiger partial charge is 0.410 e. The van der Waals surface area contributed by atoms with Gasteiger partial charge in [-0.05, 0) is 57.9 Å². The fraction of sp³-hybridized carbons (Fsp3) is 0.529. The molecule has 1 aliphatic rings. The molecule has 23 heavy (non-hydrogen) atoms. The van der Waals surface area contributed by atoms with Gasteiger partial charge in [0.05, 0.1) is 11.8 Å². The lowest BCUT2D eigenvalue weighted by Gasteiger charge is -2.26. The van der Waals surface area contributed by atoms with E-state index in [2.05, 4.69) is 15.9 Å². The van der Waals surface area contributed by atoms with Crippen molar-refractivity contribution in [1.29, 1.82) is 0 Å². The molecule has 126 valence electrons. The van der Waals surface area contributed by atoms with E-state index in [4.69, 9.17) is 4.74 Å². The number of ether oxygens (including phenoxy) is 1. The maximum absolute atomic E-state index is 12.5. The largest absolute Gasteiger partial charge is 0.444 e. The topological polar surface area (TPSA) is 46.6 Å². The normalized spacial score (nSPS) is 19.4. The van der Waals surface area contributed by atoms with Crippen LogP contribution in [0.25, 0.3) is 0 Å². The SMILES string of the molecule is CC(C)(C)OC(=O)N1CCCC(Sc2ccc(Br)cc2)C(=O)C1. The van der Waals surface area contributed by atoms with Crippen molar-refractivity contribution in [3.63, 3.8) is 0 Å². The minimum atomic E-state index is -0.544. The number of amides is 1. The third kappa shape index (κ3) is 5.84. The fourth-order valence-corrected chi connectivity index (χ4v) is 3.66. The summed E-state index contributed by atoms with van der Waals surface area (Å²) in [5, 5.41) is -0.108. The highest BCUT2D eigenvalue weighted by Crippen LogP contribution is 2.30. The summed E-state index contributed by atoms with van der Waals surface area (Å²) in [7, 11) is 0. The zero-order valence-corrected chi connectivity index (χ0v) is 16.1. The molecule has 0 spiro atoms. The van der Waals surface area contributed by atoms with Crippen LogP contribution in [0.15, 0.2) is 33.6 Å². The summed E-state index contributed by atoms with van der Waals surface area (Å²) in [6, 6.07) is 7.93. The van der Waals surface area contributed by atoms with Gasteiger partial charge in [-0.3, -0.25) is 4.79 Å². The summed E-state index contributed by atoms with van der Waals surface area (Å²) in [5.41, 5.74) is -0.544. The second kappa shape index (κ2) is 7.71. The molecule has 1 unspecified atom stereocenters. The number of carbonyl (C=O) groups is 2. The highest BCUT2D eigenvalue weighted by Gasteiger charge is 2.30. The van der Waals surface area contributed by atoms with Gasteiger partial charge >= 0.3 is 6.09 Å². The molecule has 1 aromatic rings. The van der Waals surface area contributed by atoms with Crippen LogP contribution in [-0.2, 0) is 9.53 Å². The van der Waals surface area contributed by atoms with Crippen LogP contribution in [0.2, 0.25) is 0 Å². The average molecular weight is 400 g/mol. The predicted octanol–water partition coefficient (Wildman–Crippen LogP) is 4.51. The van der Waals surface area contributed by atoms with Crippen molar-refractivity contribution in [2.75, 3.05) is 13.1 Å². The Morgan fingerprint density at radius 2 is 1.96 bits per heavy atom. The number of carbonyl (C=O) groups excluding carboxylic acids is 2. The van der Waals surface area contributed by atoms with E-state index >= 15 is 0 Å². The van der Waals surface area contributed by atoms with Gasteiger partial charge in [0, 0.05) is 15.9 Å². The number of benzene rings is 1. The summed E-state index contributed by atoms with van der Waals surface area (Å²) in [6.07, 6.45) is 1.18. The van der Waals surface area contributed by atoms with Gasteiger partial charge in [0.1, 0.15) is 5.60 Å². The van der Waals surface area contributed by atoms with Crippen molar-refractivity contribution in [3.05, 3.63) is 28.7 Å². The van der Waals surface area contributed by atoms with E-state index in [0.717, 1.165) is 22.2 Å². The molecule has 1 saturated heterocycles. The van der Waals surface area contributed by atoms with Crippen LogP contribution in [0, 0.1) is 0 Å². The standard InChI is InChI=1S/C17H22BrNO3S/c1-17(2,3)22-16(21)19-10-4-5-15(14(20)11-19)23-13-8-6-12(18)7-9-13/h6-9,15H,4-5,10-11H2,1-3H3. The molecule has 0 aromatic heterocycles. The molecule has 1 amide bonds. The molecular weight excluding hydrogens is 378 g/mol. The van der Waals surface area contributed by atoms with Gasteiger partial charge < -0.3 is 9.64 Å². The molecule has 1 atom stereocenters. The lowest BCUT2D eigenvalue weighted by atomic mass is 10.2. The van der Waals surface area contributed by atoms with E-state index in [9.17, 15) is 9.59 Å². The molecule has 0 bridgehead atoms. The molecule has 1 aromatic carbocycles. The minimum absolute atomic E-state index is 0.0845.